The van der Waals surface area contributed by atoms with Gasteiger partial charge in [-0.3, -0.25) is 4.79 Å². The van der Waals surface area contributed by atoms with Crippen LogP contribution in [0, 0.1) is 6.92 Å². The van der Waals surface area contributed by atoms with E-state index in [-0.39, 0.29) is 10.5 Å². The van der Waals surface area contributed by atoms with Gasteiger partial charge in [0.15, 0.2) is 0 Å². The van der Waals surface area contributed by atoms with Gasteiger partial charge in [0.1, 0.15) is 0 Å². The van der Waals surface area contributed by atoms with Gasteiger partial charge in [0.05, 0.1) is 10.7 Å². The molecule has 0 saturated carbocycles. The SMILES string of the molecule is Cc1cccc(Cl)c1NC(=O)SC(C)C. The van der Waals surface area contributed by atoms with Crippen LogP contribution in [0.3, 0.4) is 0 Å². The zero-order valence-corrected chi connectivity index (χ0v) is 10.6. The highest BCUT2D eigenvalue weighted by Gasteiger charge is 2.09. The van der Waals surface area contributed by atoms with Crippen LogP contribution in [-0.4, -0.2) is 10.5 Å². The molecule has 0 bridgehead atoms. The fourth-order valence-corrected chi connectivity index (χ4v) is 1.99. The molecule has 0 spiro atoms. The van der Waals surface area contributed by atoms with Crippen molar-refractivity contribution < 1.29 is 4.79 Å². The minimum atomic E-state index is -0.0683. The first-order valence-corrected chi connectivity index (χ1v) is 5.99. The van der Waals surface area contributed by atoms with E-state index in [4.69, 9.17) is 11.6 Å². The molecule has 4 heteroatoms. The van der Waals surface area contributed by atoms with Gasteiger partial charge in [0.2, 0.25) is 0 Å². The van der Waals surface area contributed by atoms with Crippen LogP contribution < -0.4 is 5.32 Å². The minimum absolute atomic E-state index is 0.0683. The molecule has 0 fully saturated rings. The van der Waals surface area contributed by atoms with Crippen LogP contribution in [-0.2, 0) is 0 Å². The van der Waals surface area contributed by atoms with E-state index in [2.05, 4.69) is 5.32 Å². The molecule has 0 aromatic heterocycles. The number of aryl methyl sites for hydroxylation is 1. The number of benzene rings is 1. The molecule has 1 aromatic carbocycles. The molecule has 0 heterocycles. The summed E-state index contributed by atoms with van der Waals surface area (Å²) in [5, 5.41) is 3.58. The Bertz CT molecular complexity index is 345. The van der Waals surface area contributed by atoms with Gasteiger partial charge in [-0.15, -0.1) is 0 Å². The number of carbonyl (C=O) groups is 1. The Kier molecular flexibility index (Phi) is 4.48. The fraction of sp³-hybridized carbons (Fsp3) is 0.364. The second-order valence-electron chi connectivity index (χ2n) is 3.51. The van der Waals surface area contributed by atoms with Crippen molar-refractivity contribution in [3.05, 3.63) is 28.8 Å². The number of rotatable bonds is 2. The normalized spacial score (nSPS) is 10.5. The van der Waals surface area contributed by atoms with Crippen molar-refractivity contribution in [3.8, 4) is 0 Å². The summed E-state index contributed by atoms with van der Waals surface area (Å²) in [5.41, 5.74) is 1.68. The number of hydrogen-bond donors (Lipinski definition) is 1. The molecule has 0 saturated heterocycles. The van der Waals surface area contributed by atoms with Gasteiger partial charge in [0, 0.05) is 5.25 Å². The summed E-state index contributed by atoms with van der Waals surface area (Å²) in [7, 11) is 0. The van der Waals surface area contributed by atoms with Gasteiger partial charge in [0.25, 0.3) is 5.24 Å². The smallest absolute Gasteiger partial charge is 0.283 e. The zero-order valence-electron chi connectivity index (χ0n) is 9.00. The van der Waals surface area contributed by atoms with Crippen molar-refractivity contribution in [1.82, 2.24) is 0 Å². The van der Waals surface area contributed by atoms with Gasteiger partial charge >= 0.3 is 0 Å². The van der Waals surface area contributed by atoms with Crippen molar-refractivity contribution in [3.63, 3.8) is 0 Å². The van der Waals surface area contributed by atoms with Crippen LogP contribution in [0.2, 0.25) is 5.02 Å². The first kappa shape index (κ1) is 12.4. The van der Waals surface area contributed by atoms with E-state index < -0.39 is 0 Å². The highest BCUT2D eigenvalue weighted by Crippen LogP contribution is 2.26. The van der Waals surface area contributed by atoms with E-state index in [1.54, 1.807) is 6.07 Å². The topological polar surface area (TPSA) is 29.1 Å². The molecular formula is C11H14ClNOS. The molecule has 0 unspecified atom stereocenters. The average molecular weight is 244 g/mol. The van der Waals surface area contributed by atoms with E-state index >= 15 is 0 Å². The summed E-state index contributed by atoms with van der Waals surface area (Å²) >= 11 is 7.24. The molecule has 1 amide bonds. The number of thioether (sulfide) groups is 1. The quantitative estimate of drug-likeness (QED) is 0.838. The molecule has 1 aromatic rings. The van der Waals surface area contributed by atoms with Gasteiger partial charge in [-0.2, -0.15) is 0 Å². The van der Waals surface area contributed by atoms with Crippen molar-refractivity contribution in [2.45, 2.75) is 26.0 Å². The van der Waals surface area contributed by atoms with Crippen molar-refractivity contribution >= 4 is 34.3 Å². The van der Waals surface area contributed by atoms with Crippen LogP contribution in [0.25, 0.3) is 0 Å². The summed E-state index contributed by atoms with van der Waals surface area (Å²) in [6.45, 7) is 5.87. The summed E-state index contributed by atoms with van der Waals surface area (Å²) in [4.78, 5) is 11.5. The average Bonchev–Trinajstić information content (AvgIpc) is 2.10. The standard InChI is InChI=1S/C11H14ClNOS/c1-7(2)15-11(14)13-10-8(3)5-4-6-9(10)12/h4-7H,1-3H3,(H,13,14). The van der Waals surface area contributed by atoms with Gasteiger partial charge < -0.3 is 5.32 Å². The molecule has 0 aliphatic rings. The first-order chi connectivity index (χ1) is 7.00. The summed E-state index contributed by atoms with van der Waals surface area (Å²) < 4.78 is 0. The third-order valence-corrected chi connectivity index (χ3v) is 2.89. The lowest BCUT2D eigenvalue weighted by atomic mass is 10.2. The molecule has 1 rings (SSSR count). The Balaban J connectivity index is 2.76. The van der Waals surface area contributed by atoms with E-state index in [9.17, 15) is 4.79 Å². The molecule has 0 aliphatic heterocycles. The number of carbonyl (C=O) groups excluding carboxylic acids is 1. The van der Waals surface area contributed by atoms with Crippen molar-refractivity contribution in [1.29, 1.82) is 0 Å². The summed E-state index contributed by atoms with van der Waals surface area (Å²) in [6, 6.07) is 5.55. The van der Waals surface area contributed by atoms with Gasteiger partial charge in [-0.05, 0) is 18.6 Å². The lowest BCUT2D eigenvalue weighted by molar-refractivity contribution is 0.269. The van der Waals surface area contributed by atoms with Gasteiger partial charge in [-0.25, -0.2) is 0 Å². The Morgan fingerprint density at radius 2 is 2.13 bits per heavy atom. The van der Waals surface area contributed by atoms with Gasteiger partial charge in [-0.1, -0.05) is 49.3 Å². The lowest BCUT2D eigenvalue weighted by Crippen LogP contribution is -2.09. The Morgan fingerprint density at radius 1 is 1.47 bits per heavy atom. The number of amides is 1. The number of nitrogens with one attached hydrogen (secondary N) is 1. The van der Waals surface area contributed by atoms with E-state index in [0.717, 1.165) is 5.56 Å². The molecular weight excluding hydrogens is 230 g/mol. The number of para-hydroxylation sites is 1. The van der Waals surface area contributed by atoms with Crippen LogP contribution in [0.4, 0.5) is 10.5 Å². The maximum absolute atomic E-state index is 11.5. The summed E-state index contributed by atoms with van der Waals surface area (Å²) in [6.07, 6.45) is 0. The van der Waals surface area contributed by atoms with E-state index in [1.165, 1.54) is 11.8 Å². The maximum atomic E-state index is 11.5. The molecule has 1 N–H and O–H groups in total. The lowest BCUT2D eigenvalue weighted by Gasteiger charge is -2.10. The van der Waals surface area contributed by atoms with Crippen LogP contribution >= 0.6 is 23.4 Å². The predicted octanol–water partition coefficient (Wildman–Crippen LogP) is 4.32. The molecule has 0 atom stereocenters. The zero-order chi connectivity index (χ0) is 11.4. The monoisotopic (exact) mass is 243 g/mol. The fourth-order valence-electron chi connectivity index (χ4n) is 1.14. The van der Waals surface area contributed by atoms with Crippen molar-refractivity contribution in [2.75, 3.05) is 5.32 Å². The first-order valence-electron chi connectivity index (χ1n) is 4.73. The Labute approximate surface area is 99.4 Å². The van der Waals surface area contributed by atoms with E-state index in [1.807, 2.05) is 32.9 Å². The Morgan fingerprint density at radius 3 is 2.67 bits per heavy atom. The van der Waals surface area contributed by atoms with Crippen LogP contribution in [0.5, 0.6) is 0 Å². The molecule has 15 heavy (non-hydrogen) atoms. The highest BCUT2D eigenvalue weighted by atomic mass is 35.5. The van der Waals surface area contributed by atoms with Crippen LogP contribution in [0.15, 0.2) is 18.2 Å². The number of hydrogen-bond acceptors (Lipinski definition) is 2. The third kappa shape index (κ3) is 3.76. The highest BCUT2D eigenvalue weighted by molar-refractivity contribution is 8.14. The number of anilines is 1. The molecule has 2 nitrogen and oxygen atoms in total. The predicted molar refractivity (Wildman–Crippen MR) is 67.9 cm³/mol. The Hall–Kier alpha value is -0.670. The largest absolute Gasteiger partial charge is 0.315 e. The van der Waals surface area contributed by atoms with Crippen molar-refractivity contribution in [2.24, 2.45) is 0 Å². The van der Waals surface area contributed by atoms with E-state index in [0.29, 0.717) is 10.7 Å². The molecule has 0 radical (unpaired) electrons. The molecule has 82 valence electrons. The minimum Gasteiger partial charge on any atom is -0.315 e. The maximum Gasteiger partial charge on any atom is 0.283 e. The number of halogens is 1. The second-order valence-corrected chi connectivity index (χ2v) is 5.47. The third-order valence-electron chi connectivity index (χ3n) is 1.79. The van der Waals surface area contributed by atoms with Crippen LogP contribution in [0.1, 0.15) is 19.4 Å². The molecule has 0 aliphatic carbocycles. The summed E-state index contributed by atoms with van der Waals surface area (Å²) in [5.74, 6) is 0. The second kappa shape index (κ2) is 5.42.